The van der Waals surface area contributed by atoms with E-state index in [4.69, 9.17) is 9.47 Å². The molecule has 1 spiro atoms. The Labute approximate surface area is 153 Å². The molecule has 1 atom stereocenters. The molecule has 2 fully saturated rings. The number of nitrogens with zero attached hydrogens (tertiary/aromatic N) is 3. The maximum absolute atomic E-state index is 12.6. The van der Waals surface area contributed by atoms with Crippen LogP contribution >= 0.6 is 0 Å². The van der Waals surface area contributed by atoms with Crippen LogP contribution in [0.5, 0.6) is 0 Å². The third kappa shape index (κ3) is 3.50. The molecular weight excluding hydrogens is 354 g/mol. The highest BCUT2D eigenvalue weighted by Crippen LogP contribution is 2.38. The Hall–Kier alpha value is -1.87. The minimum atomic E-state index is -3.51. The molecule has 2 saturated heterocycles. The van der Waals surface area contributed by atoms with Gasteiger partial charge in [-0.25, -0.2) is 8.42 Å². The Bertz CT molecular complexity index is 839. The molecule has 8 heteroatoms. The van der Waals surface area contributed by atoms with Crippen LogP contribution in [-0.2, 0) is 26.1 Å². The van der Waals surface area contributed by atoms with Gasteiger partial charge in [0.1, 0.15) is 4.90 Å². The van der Waals surface area contributed by atoms with Crippen LogP contribution in [0.1, 0.15) is 18.5 Å². The number of hydrogen-bond acceptors (Lipinski definition) is 6. The molecule has 26 heavy (non-hydrogen) atoms. The zero-order valence-corrected chi connectivity index (χ0v) is 15.1. The highest BCUT2D eigenvalue weighted by Gasteiger charge is 2.52. The van der Waals surface area contributed by atoms with Crippen molar-refractivity contribution in [3.8, 4) is 0 Å². The van der Waals surface area contributed by atoms with E-state index in [0.717, 1.165) is 12.1 Å². The zero-order valence-electron chi connectivity index (χ0n) is 14.3. The minimum absolute atomic E-state index is 0.0500. The molecule has 4 heterocycles. The summed E-state index contributed by atoms with van der Waals surface area (Å²) < 4.78 is 38.6. The topological polar surface area (TPSA) is 81.6 Å². The molecule has 0 amide bonds. The van der Waals surface area contributed by atoms with Crippen molar-refractivity contribution >= 4 is 10.0 Å². The normalized spacial score (nSPS) is 22.8. The lowest BCUT2D eigenvalue weighted by molar-refractivity contribution is -0.180. The van der Waals surface area contributed by atoms with E-state index in [0.29, 0.717) is 32.7 Å². The standard InChI is InChI=1S/C18H21N3O4S/c22-26(23,17-5-3-7-19-11-17)21-13-18(14-21)10-16(6-9-25-18)24-12-15-4-1-2-8-20-15/h1-5,7-8,11,16H,6,9-10,12-14H2. The van der Waals surface area contributed by atoms with E-state index in [1.54, 1.807) is 24.5 Å². The van der Waals surface area contributed by atoms with Crippen molar-refractivity contribution in [1.82, 2.24) is 14.3 Å². The Morgan fingerprint density at radius 2 is 2.12 bits per heavy atom. The summed E-state index contributed by atoms with van der Waals surface area (Å²) in [4.78, 5) is 8.38. The van der Waals surface area contributed by atoms with Gasteiger partial charge in [0.05, 0.1) is 24.0 Å². The first-order chi connectivity index (χ1) is 12.6. The van der Waals surface area contributed by atoms with Gasteiger partial charge in [0, 0.05) is 44.7 Å². The van der Waals surface area contributed by atoms with Gasteiger partial charge in [0.25, 0.3) is 0 Å². The number of aromatic nitrogens is 2. The number of ether oxygens (including phenoxy) is 2. The van der Waals surface area contributed by atoms with Crippen LogP contribution in [-0.4, -0.2) is 54.1 Å². The van der Waals surface area contributed by atoms with Crippen LogP contribution in [0.4, 0.5) is 0 Å². The summed E-state index contributed by atoms with van der Waals surface area (Å²) in [6, 6.07) is 8.93. The van der Waals surface area contributed by atoms with Crippen LogP contribution < -0.4 is 0 Å². The van der Waals surface area contributed by atoms with Crippen molar-refractivity contribution in [3.63, 3.8) is 0 Å². The van der Waals surface area contributed by atoms with Gasteiger partial charge in [-0.15, -0.1) is 0 Å². The number of sulfonamides is 1. The summed E-state index contributed by atoms with van der Waals surface area (Å²) in [6.45, 7) is 1.74. The summed E-state index contributed by atoms with van der Waals surface area (Å²) in [5.41, 5.74) is 0.449. The van der Waals surface area contributed by atoms with Crippen molar-refractivity contribution in [3.05, 3.63) is 54.6 Å². The molecule has 0 aromatic carbocycles. The Kier molecular flexibility index (Phi) is 4.74. The number of hydrogen-bond donors (Lipinski definition) is 0. The zero-order chi connectivity index (χ0) is 18.0. The molecular formula is C18H21N3O4S. The molecule has 2 aromatic heterocycles. The molecule has 2 aliphatic heterocycles. The molecule has 2 aromatic rings. The third-order valence-corrected chi connectivity index (χ3v) is 6.62. The van der Waals surface area contributed by atoms with E-state index in [9.17, 15) is 8.42 Å². The summed E-state index contributed by atoms with van der Waals surface area (Å²) in [6.07, 6.45) is 6.24. The van der Waals surface area contributed by atoms with Gasteiger partial charge in [-0.3, -0.25) is 9.97 Å². The third-order valence-electron chi connectivity index (χ3n) is 4.84. The van der Waals surface area contributed by atoms with Crippen LogP contribution in [0.15, 0.2) is 53.8 Å². The van der Waals surface area contributed by atoms with Crippen molar-refractivity contribution in [2.45, 2.75) is 36.0 Å². The Morgan fingerprint density at radius 1 is 1.23 bits per heavy atom. The fourth-order valence-electron chi connectivity index (χ4n) is 3.45. The maximum Gasteiger partial charge on any atom is 0.244 e. The van der Waals surface area contributed by atoms with Crippen LogP contribution in [0, 0.1) is 0 Å². The van der Waals surface area contributed by atoms with E-state index >= 15 is 0 Å². The lowest BCUT2D eigenvalue weighted by Crippen LogP contribution is -2.67. The molecule has 4 rings (SSSR count). The number of pyridine rings is 2. The van der Waals surface area contributed by atoms with Gasteiger partial charge < -0.3 is 9.47 Å². The van der Waals surface area contributed by atoms with Gasteiger partial charge in [-0.05, 0) is 30.7 Å². The van der Waals surface area contributed by atoms with E-state index < -0.39 is 15.6 Å². The molecule has 0 aliphatic carbocycles. The second-order valence-corrected chi connectivity index (χ2v) is 8.68. The fourth-order valence-corrected chi connectivity index (χ4v) is 5.00. The van der Waals surface area contributed by atoms with Crippen molar-refractivity contribution < 1.29 is 17.9 Å². The summed E-state index contributed by atoms with van der Waals surface area (Å²) in [5, 5.41) is 0. The first-order valence-corrected chi connectivity index (χ1v) is 10.1. The molecule has 0 saturated carbocycles. The van der Waals surface area contributed by atoms with E-state index in [-0.39, 0.29) is 11.0 Å². The summed E-state index contributed by atoms with van der Waals surface area (Å²) >= 11 is 0. The van der Waals surface area contributed by atoms with Gasteiger partial charge in [0.15, 0.2) is 0 Å². The highest BCUT2D eigenvalue weighted by atomic mass is 32.2. The molecule has 0 radical (unpaired) electrons. The van der Waals surface area contributed by atoms with Crippen LogP contribution in [0.2, 0.25) is 0 Å². The first-order valence-electron chi connectivity index (χ1n) is 8.63. The number of rotatable bonds is 5. The Balaban J connectivity index is 1.36. The van der Waals surface area contributed by atoms with E-state index in [1.165, 1.54) is 10.5 Å². The summed E-state index contributed by atoms with van der Waals surface area (Å²) in [5.74, 6) is 0. The van der Waals surface area contributed by atoms with Gasteiger partial charge >= 0.3 is 0 Å². The van der Waals surface area contributed by atoms with Crippen LogP contribution in [0.25, 0.3) is 0 Å². The van der Waals surface area contributed by atoms with Crippen molar-refractivity contribution in [2.75, 3.05) is 19.7 Å². The first kappa shape index (κ1) is 17.5. The van der Waals surface area contributed by atoms with E-state index in [1.807, 2.05) is 18.2 Å². The molecule has 1 unspecified atom stereocenters. The van der Waals surface area contributed by atoms with Crippen LogP contribution in [0.3, 0.4) is 0 Å². The lowest BCUT2D eigenvalue weighted by Gasteiger charge is -2.52. The fraction of sp³-hybridized carbons (Fsp3) is 0.444. The average molecular weight is 375 g/mol. The smallest absolute Gasteiger partial charge is 0.244 e. The average Bonchev–Trinajstić information content (AvgIpc) is 2.66. The van der Waals surface area contributed by atoms with Gasteiger partial charge in [0.2, 0.25) is 10.0 Å². The second-order valence-electron chi connectivity index (χ2n) is 6.74. The van der Waals surface area contributed by atoms with E-state index in [2.05, 4.69) is 9.97 Å². The molecule has 0 bridgehead atoms. The molecule has 138 valence electrons. The molecule has 2 aliphatic rings. The lowest BCUT2D eigenvalue weighted by atomic mass is 9.86. The van der Waals surface area contributed by atoms with Gasteiger partial charge in [-0.1, -0.05) is 6.07 Å². The largest absolute Gasteiger partial charge is 0.372 e. The minimum Gasteiger partial charge on any atom is -0.372 e. The van der Waals surface area contributed by atoms with Crippen molar-refractivity contribution in [1.29, 1.82) is 0 Å². The molecule has 0 N–H and O–H groups in total. The Morgan fingerprint density at radius 3 is 2.85 bits per heavy atom. The van der Waals surface area contributed by atoms with Gasteiger partial charge in [-0.2, -0.15) is 4.31 Å². The second kappa shape index (κ2) is 7.03. The monoisotopic (exact) mass is 375 g/mol. The molecule has 7 nitrogen and oxygen atoms in total. The highest BCUT2D eigenvalue weighted by molar-refractivity contribution is 7.89. The quantitative estimate of drug-likeness (QED) is 0.790. The predicted octanol–water partition coefficient (Wildman–Crippen LogP) is 1.62. The summed E-state index contributed by atoms with van der Waals surface area (Å²) in [7, 11) is -3.51. The maximum atomic E-state index is 12.6. The van der Waals surface area contributed by atoms with Crippen molar-refractivity contribution in [2.24, 2.45) is 0 Å². The SMILES string of the molecule is O=S(=O)(c1cccnc1)N1CC2(CC(OCc3ccccn3)CCO2)C1. The predicted molar refractivity (Wildman–Crippen MR) is 93.7 cm³/mol.